The van der Waals surface area contributed by atoms with Crippen molar-refractivity contribution in [2.45, 2.75) is 37.5 Å². The van der Waals surface area contributed by atoms with E-state index in [1.54, 1.807) is 12.1 Å². The van der Waals surface area contributed by atoms with Gasteiger partial charge in [-0.25, -0.2) is 21.2 Å². The van der Waals surface area contributed by atoms with E-state index in [1.165, 1.54) is 12.1 Å². The number of hydrogen-bond acceptors (Lipinski definition) is 6. The lowest BCUT2D eigenvalue weighted by Crippen LogP contribution is -2.42. The topological polar surface area (TPSA) is 139 Å². The van der Waals surface area contributed by atoms with E-state index in [0.29, 0.717) is 0 Å². The van der Waals surface area contributed by atoms with Crippen molar-refractivity contribution in [1.82, 2.24) is 10.9 Å². The monoisotopic (exact) mass is 533 g/mol. The summed E-state index contributed by atoms with van der Waals surface area (Å²) in [5, 5.41) is -0.453. The minimum absolute atomic E-state index is 0.115. The summed E-state index contributed by atoms with van der Waals surface area (Å²) < 4.78 is 64.2. The van der Waals surface area contributed by atoms with Crippen LogP contribution in [0.1, 0.15) is 43.1 Å². The molecular weight excluding hydrogens is 509 g/mol. The maximum atomic E-state index is 14.1. The summed E-state index contributed by atoms with van der Waals surface area (Å²) in [6.07, 6.45) is 0.543. The second-order valence-corrected chi connectivity index (χ2v) is 12.9. The lowest BCUT2D eigenvalue weighted by molar-refractivity contribution is -0.121. The molecule has 0 aromatic heterocycles. The molecule has 0 bridgehead atoms. The first-order valence-electron chi connectivity index (χ1n) is 9.89. The average molecular weight is 534 g/mol. The van der Waals surface area contributed by atoms with Gasteiger partial charge >= 0.3 is 0 Å². The fourth-order valence-corrected chi connectivity index (χ4v) is 4.48. The summed E-state index contributed by atoms with van der Waals surface area (Å²) in [4.78, 5) is 24.2. The molecular formula is C21H25ClFN3O6S2. The van der Waals surface area contributed by atoms with Gasteiger partial charge in [0.05, 0.1) is 26.9 Å². The van der Waals surface area contributed by atoms with Crippen LogP contribution in [-0.2, 0) is 30.1 Å². The molecule has 0 aliphatic carbocycles. The molecule has 0 heterocycles. The quantitative estimate of drug-likeness (QED) is 0.468. The van der Waals surface area contributed by atoms with Crippen molar-refractivity contribution in [3.63, 3.8) is 0 Å². The van der Waals surface area contributed by atoms with Crippen molar-refractivity contribution < 1.29 is 30.8 Å². The molecule has 0 fully saturated rings. The maximum Gasteiger partial charge on any atom is 0.271 e. The van der Waals surface area contributed by atoms with Gasteiger partial charge in [-0.3, -0.25) is 25.2 Å². The molecule has 34 heavy (non-hydrogen) atoms. The molecule has 186 valence electrons. The van der Waals surface area contributed by atoms with E-state index in [1.807, 2.05) is 31.6 Å². The molecule has 2 amide bonds. The molecule has 3 N–H and O–H groups in total. The molecule has 0 saturated carbocycles. The molecule has 2 aromatic carbocycles. The molecule has 9 nitrogen and oxygen atoms in total. The number of carbonyl (C=O) groups is 2. The van der Waals surface area contributed by atoms with Crippen LogP contribution in [0.15, 0.2) is 41.3 Å². The fourth-order valence-electron chi connectivity index (χ4n) is 2.69. The smallest absolute Gasteiger partial charge is 0.271 e. The number of amides is 2. The second-order valence-electron chi connectivity index (χ2n) is 8.57. The van der Waals surface area contributed by atoms with E-state index < -0.39 is 60.4 Å². The zero-order valence-electron chi connectivity index (χ0n) is 18.9. The minimum atomic E-state index is -4.21. The Balaban J connectivity index is 2.26. The first-order valence-corrected chi connectivity index (χ1v) is 13.8. The summed E-state index contributed by atoms with van der Waals surface area (Å²) in [6, 6.07) is 7.71. The summed E-state index contributed by atoms with van der Waals surface area (Å²) >= 11 is 5.75. The van der Waals surface area contributed by atoms with Gasteiger partial charge in [-0.2, -0.15) is 0 Å². The largest absolute Gasteiger partial charge is 0.279 e. The Morgan fingerprint density at radius 2 is 1.59 bits per heavy atom. The van der Waals surface area contributed by atoms with Crippen molar-refractivity contribution in [1.29, 1.82) is 0 Å². The third-order valence-corrected chi connectivity index (χ3v) is 7.21. The highest BCUT2D eigenvalue weighted by molar-refractivity contribution is 7.92. The SMILES string of the molecule is CC(C)(C)c1ccc(S(=O)(=O)Nc2cc(F)c(Cl)cc2C(=O)NNC(=O)CCS(C)(=O)=O)cc1. The molecule has 2 rings (SSSR count). The number of halogens is 2. The summed E-state index contributed by atoms with van der Waals surface area (Å²) in [7, 11) is -7.61. The molecule has 0 unspecified atom stereocenters. The average Bonchev–Trinajstić information content (AvgIpc) is 2.71. The standard InChI is InChI=1S/C21H25ClFN3O6S2/c1-21(2,3)13-5-7-14(8-6-13)34(31,32)26-18-12-17(23)16(22)11-15(18)20(28)25-24-19(27)9-10-33(4,29)30/h5-8,11-12,26H,9-10H2,1-4H3,(H,24,27)(H,25,28). The predicted octanol–water partition coefficient (Wildman–Crippen LogP) is 2.77. The summed E-state index contributed by atoms with van der Waals surface area (Å²) in [5.74, 6) is -3.21. The van der Waals surface area contributed by atoms with Crippen molar-refractivity contribution in [2.75, 3.05) is 16.7 Å². The van der Waals surface area contributed by atoms with Crippen LogP contribution >= 0.6 is 11.6 Å². The predicted molar refractivity (Wildman–Crippen MR) is 127 cm³/mol. The molecule has 0 aliphatic heterocycles. The number of anilines is 1. The Bertz CT molecular complexity index is 1310. The maximum absolute atomic E-state index is 14.1. The molecule has 2 aromatic rings. The van der Waals surface area contributed by atoms with Gasteiger partial charge in [0.2, 0.25) is 5.91 Å². The van der Waals surface area contributed by atoms with Crippen LogP contribution in [0.2, 0.25) is 5.02 Å². The van der Waals surface area contributed by atoms with E-state index in [-0.39, 0.29) is 15.9 Å². The van der Waals surface area contributed by atoms with Crippen LogP contribution in [0.4, 0.5) is 10.1 Å². The van der Waals surface area contributed by atoms with E-state index >= 15 is 0 Å². The Hall–Kier alpha value is -2.70. The molecule has 0 saturated heterocycles. The van der Waals surface area contributed by atoms with Gasteiger partial charge in [-0.05, 0) is 29.2 Å². The van der Waals surface area contributed by atoms with Crippen LogP contribution < -0.4 is 15.6 Å². The third-order valence-electron chi connectivity index (χ3n) is 4.60. The zero-order valence-corrected chi connectivity index (χ0v) is 21.3. The zero-order chi connectivity index (χ0) is 25.9. The highest BCUT2D eigenvalue weighted by atomic mass is 35.5. The fraction of sp³-hybridized carbons (Fsp3) is 0.333. The highest BCUT2D eigenvalue weighted by Crippen LogP contribution is 2.28. The Kier molecular flexibility index (Phi) is 8.33. The molecule has 0 atom stereocenters. The molecule has 0 spiro atoms. The number of nitrogens with one attached hydrogen (secondary N) is 3. The number of hydrogen-bond donors (Lipinski definition) is 3. The Morgan fingerprint density at radius 1 is 1.00 bits per heavy atom. The van der Waals surface area contributed by atoms with Crippen molar-refractivity contribution in [2.24, 2.45) is 0 Å². The van der Waals surface area contributed by atoms with Crippen molar-refractivity contribution >= 4 is 49.0 Å². The van der Waals surface area contributed by atoms with Gasteiger partial charge in [0.15, 0.2) is 0 Å². The van der Waals surface area contributed by atoms with Crippen LogP contribution in [0, 0.1) is 5.82 Å². The number of carbonyl (C=O) groups excluding carboxylic acids is 2. The number of sulfonamides is 1. The minimum Gasteiger partial charge on any atom is -0.279 e. The number of benzene rings is 2. The lowest BCUT2D eigenvalue weighted by atomic mass is 9.87. The summed E-state index contributed by atoms with van der Waals surface area (Å²) in [5.41, 5.74) is 3.95. The van der Waals surface area contributed by atoms with Crippen LogP contribution in [0.5, 0.6) is 0 Å². The van der Waals surface area contributed by atoms with Gasteiger partial charge in [-0.1, -0.05) is 44.5 Å². The van der Waals surface area contributed by atoms with Crippen LogP contribution in [0.25, 0.3) is 0 Å². The Labute approximate surface area is 203 Å². The lowest BCUT2D eigenvalue weighted by Gasteiger charge is -2.19. The van der Waals surface area contributed by atoms with Gasteiger partial charge in [-0.15, -0.1) is 0 Å². The van der Waals surface area contributed by atoms with Gasteiger partial charge in [0.1, 0.15) is 15.7 Å². The molecule has 13 heteroatoms. The number of sulfone groups is 1. The molecule has 0 radical (unpaired) electrons. The first-order chi connectivity index (χ1) is 15.5. The van der Waals surface area contributed by atoms with E-state index in [2.05, 4.69) is 4.72 Å². The van der Waals surface area contributed by atoms with Gasteiger partial charge in [0.25, 0.3) is 15.9 Å². The normalized spacial score (nSPS) is 12.2. The second kappa shape index (κ2) is 10.3. The van der Waals surface area contributed by atoms with Crippen LogP contribution in [-0.4, -0.2) is 40.7 Å². The van der Waals surface area contributed by atoms with E-state index in [0.717, 1.165) is 24.0 Å². The first kappa shape index (κ1) is 27.5. The van der Waals surface area contributed by atoms with E-state index in [9.17, 15) is 30.8 Å². The van der Waals surface area contributed by atoms with Crippen molar-refractivity contribution in [3.8, 4) is 0 Å². The Morgan fingerprint density at radius 3 is 2.12 bits per heavy atom. The van der Waals surface area contributed by atoms with E-state index in [4.69, 9.17) is 11.6 Å². The number of hydrazine groups is 1. The van der Waals surface area contributed by atoms with Gasteiger partial charge in [0, 0.05) is 18.7 Å². The third kappa shape index (κ3) is 7.67. The molecule has 0 aliphatic rings. The van der Waals surface area contributed by atoms with Gasteiger partial charge < -0.3 is 0 Å². The van der Waals surface area contributed by atoms with Crippen molar-refractivity contribution in [3.05, 3.63) is 58.4 Å². The highest BCUT2D eigenvalue weighted by Gasteiger charge is 2.22. The number of rotatable bonds is 7. The summed E-state index contributed by atoms with van der Waals surface area (Å²) in [6.45, 7) is 5.91. The van der Waals surface area contributed by atoms with Crippen LogP contribution in [0.3, 0.4) is 0 Å².